The molecule has 0 aliphatic carbocycles. The van der Waals surface area contributed by atoms with E-state index in [-0.39, 0.29) is 0 Å². The Morgan fingerprint density at radius 2 is 1.70 bits per heavy atom. The highest BCUT2D eigenvalue weighted by atomic mass is 32.1. The van der Waals surface area contributed by atoms with E-state index in [9.17, 15) is 9.59 Å². The zero-order valence-corrected chi connectivity index (χ0v) is 13.7. The van der Waals surface area contributed by atoms with Crippen LogP contribution in [0.25, 0.3) is 10.6 Å². The van der Waals surface area contributed by atoms with Gasteiger partial charge in [0.15, 0.2) is 0 Å². The summed E-state index contributed by atoms with van der Waals surface area (Å²) in [6, 6.07) is 10.3. The van der Waals surface area contributed by atoms with E-state index in [2.05, 4.69) is 36.1 Å². The molecule has 0 spiro atoms. The first-order valence-electron chi connectivity index (χ1n) is 6.67. The maximum absolute atomic E-state index is 9.55. The van der Waals surface area contributed by atoms with Crippen LogP contribution in [-0.2, 0) is 16.1 Å². The minimum absolute atomic E-state index is 0.558. The van der Waals surface area contributed by atoms with Crippen molar-refractivity contribution in [3.63, 3.8) is 0 Å². The van der Waals surface area contributed by atoms with E-state index >= 15 is 0 Å². The summed E-state index contributed by atoms with van der Waals surface area (Å²) in [4.78, 5) is 27.0. The lowest BCUT2D eigenvalue weighted by Gasteiger charge is -2.05. The number of hydrogen-bond acceptors (Lipinski definition) is 5. The van der Waals surface area contributed by atoms with Crippen LogP contribution in [0, 0.1) is 0 Å². The largest absolute Gasteiger partial charge is 0.478 e. The van der Waals surface area contributed by atoms with Gasteiger partial charge in [0.25, 0.3) is 0 Å². The van der Waals surface area contributed by atoms with Crippen molar-refractivity contribution >= 4 is 23.3 Å². The minimum Gasteiger partial charge on any atom is -0.478 e. The van der Waals surface area contributed by atoms with Gasteiger partial charge in [-0.15, -0.1) is 11.3 Å². The molecule has 0 saturated carbocycles. The first kappa shape index (κ1) is 18.5. The third-order valence-electron chi connectivity index (χ3n) is 2.41. The fourth-order valence-corrected chi connectivity index (χ4v) is 2.58. The topological polar surface area (TPSA) is 90.7 Å². The van der Waals surface area contributed by atoms with Gasteiger partial charge >= 0.3 is 11.9 Å². The lowest BCUT2D eigenvalue weighted by atomic mass is 10.2. The molecule has 0 atom stereocenters. The predicted octanol–water partition coefficient (Wildman–Crippen LogP) is 2.58. The highest BCUT2D eigenvalue weighted by molar-refractivity contribution is 7.15. The van der Waals surface area contributed by atoms with Crippen molar-refractivity contribution in [1.82, 2.24) is 9.88 Å². The standard InChI is InChI=1S/C12H14N2S.C4H4O4/c1-14(2)9-11-8-13-12(15-11)10-6-4-3-5-7-10;5-3(6)1-2-4(7)8/h3-8H,9H2,1-2H3;1-2H,(H,5,6)(H,7,8)/b;2-1+. The molecule has 2 aromatic rings. The minimum atomic E-state index is -1.26. The molecule has 0 unspecified atom stereocenters. The molecule has 0 aliphatic rings. The number of thiazole rings is 1. The molecule has 0 bridgehead atoms. The summed E-state index contributed by atoms with van der Waals surface area (Å²) in [6.07, 6.45) is 3.08. The molecule has 122 valence electrons. The molecular weight excluding hydrogens is 316 g/mol. The maximum Gasteiger partial charge on any atom is 0.328 e. The number of carboxylic acid groups (broad SMARTS) is 2. The average Bonchev–Trinajstić information content (AvgIpc) is 2.94. The lowest BCUT2D eigenvalue weighted by Crippen LogP contribution is -2.09. The molecule has 1 aromatic carbocycles. The van der Waals surface area contributed by atoms with E-state index in [1.165, 1.54) is 10.4 Å². The van der Waals surface area contributed by atoms with Crippen LogP contribution in [-0.4, -0.2) is 46.1 Å². The van der Waals surface area contributed by atoms with Gasteiger partial charge in [0.1, 0.15) is 5.01 Å². The maximum atomic E-state index is 9.55. The Kier molecular flexibility index (Phi) is 7.65. The van der Waals surface area contributed by atoms with Gasteiger partial charge in [-0.05, 0) is 14.1 Å². The molecule has 0 amide bonds. The fraction of sp³-hybridized carbons (Fsp3) is 0.188. The summed E-state index contributed by atoms with van der Waals surface area (Å²) >= 11 is 1.76. The van der Waals surface area contributed by atoms with Crippen molar-refractivity contribution in [2.24, 2.45) is 0 Å². The van der Waals surface area contributed by atoms with Gasteiger partial charge in [-0.1, -0.05) is 30.3 Å². The van der Waals surface area contributed by atoms with Gasteiger partial charge in [0, 0.05) is 35.3 Å². The lowest BCUT2D eigenvalue weighted by molar-refractivity contribution is -0.134. The SMILES string of the molecule is CN(C)Cc1cnc(-c2ccccc2)s1.O=C(O)/C=C/C(=O)O. The third kappa shape index (κ3) is 7.89. The first-order valence-corrected chi connectivity index (χ1v) is 7.49. The van der Waals surface area contributed by atoms with E-state index in [1.807, 2.05) is 24.4 Å². The van der Waals surface area contributed by atoms with Crippen LogP contribution in [0.2, 0.25) is 0 Å². The van der Waals surface area contributed by atoms with Crippen LogP contribution in [0.15, 0.2) is 48.7 Å². The number of carboxylic acids is 2. The van der Waals surface area contributed by atoms with E-state index in [4.69, 9.17) is 10.2 Å². The number of aromatic nitrogens is 1. The highest BCUT2D eigenvalue weighted by Gasteiger charge is 2.04. The molecule has 1 aromatic heterocycles. The van der Waals surface area contributed by atoms with Gasteiger partial charge in [-0.3, -0.25) is 0 Å². The number of hydrogen-bond donors (Lipinski definition) is 2. The predicted molar refractivity (Wildman–Crippen MR) is 89.4 cm³/mol. The fourth-order valence-electron chi connectivity index (χ4n) is 1.55. The Labute approximate surface area is 138 Å². The van der Waals surface area contributed by atoms with Crippen LogP contribution in [0.3, 0.4) is 0 Å². The van der Waals surface area contributed by atoms with Crippen LogP contribution in [0.1, 0.15) is 4.88 Å². The zero-order valence-electron chi connectivity index (χ0n) is 12.8. The van der Waals surface area contributed by atoms with Crippen molar-refractivity contribution in [2.45, 2.75) is 6.54 Å². The van der Waals surface area contributed by atoms with Crippen LogP contribution < -0.4 is 0 Å². The first-order chi connectivity index (χ1) is 10.9. The number of rotatable bonds is 5. The molecule has 7 heteroatoms. The Bertz CT molecular complexity index is 650. The summed E-state index contributed by atoms with van der Waals surface area (Å²) in [5, 5.41) is 16.7. The number of carbonyl (C=O) groups is 2. The second-order valence-corrected chi connectivity index (χ2v) is 5.86. The summed E-state index contributed by atoms with van der Waals surface area (Å²) in [5.74, 6) is -2.51. The van der Waals surface area contributed by atoms with Gasteiger partial charge in [0.05, 0.1) is 0 Å². The number of benzene rings is 1. The normalized spacial score (nSPS) is 10.4. The molecule has 0 fully saturated rings. The van der Waals surface area contributed by atoms with Gasteiger partial charge in [-0.2, -0.15) is 0 Å². The molecule has 1 heterocycles. The van der Waals surface area contributed by atoms with Crippen LogP contribution >= 0.6 is 11.3 Å². The average molecular weight is 334 g/mol. The van der Waals surface area contributed by atoms with Crippen molar-refractivity contribution in [3.8, 4) is 10.6 Å². The molecule has 0 radical (unpaired) electrons. The quantitative estimate of drug-likeness (QED) is 0.817. The number of nitrogens with zero attached hydrogens (tertiary/aromatic N) is 2. The molecule has 0 aliphatic heterocycles. The summed E-state index contributed by atoms with van der Waals surface area (Å²) in [6.45, 7) is 0.963. The van der Waals surface area contributed by atoms with Crippen molar-refractivity contribution in [1.29, 1.82) is 0 Å². The van der Waals surface area contributed by atoms with Crippen molar-refractivity contribution in [3.05, 3.63) is 53.6 Å². The molecule has 0 saturated heterocycles. The van der Waals surface area contributed by atoms with Gasteiger partial charge in [-0.25, -0.2) is 14.6 Å². The molecule has 6 nitrogen and oxygen atoms in total. The molecule has 2 rings (SSSR count). The van der Waals surface area contributed by atoms with E-state index < -0.39 is 11.9 Å². The van der Waals surface area contributed by atoms with Gasteiger partial charge in [0.2, 0.25) is 0 Å². The van der Waals surface area contributed by atoms with E-state index in [0.717, 1.165) is 11.6 Å². The smallest absolute Gasteiger partial charge is 0.328 e. The van der Waals surface area contributed by atoms with E-state index in [1.54, 1.807) is 11.3 Å². The summed E-state index contributed by atoms with van der Waals surface area (Å²) in [5.41, 5.74) is 1.20. The summed E-state index contributed by atoms with van der Waals surface area (Å²) < 4.78 is 0. The highest BCUT2D eigenvalue weighted by Crippen LogP contribution is 2.25. The van der Waals surface area contributed by atoms with E-state index in [0.29, 0.717) is 12.2 Å². The third-order valence-corrected chi connectivity index (χ3v) is 3.45. The Morgan fingerprint density at radius 3 is 2.17 bits per heavy atom. The molecular formula is C16H18N2O4S. The van der Waals surface area contributed by atoms with Crippen molar-refractivity contribution in [2.75, 3.05) is 14.1 Å². The van der Waals surface area contributed by atoms with Crippen molar-refractivity contribution < 1.29 is 19.8 Å². The molecule has 2 N–H and O–H groups in total. The Morgan fingerprint density at radius 1 is 1.13 bits per heavy atom. The van der Waals surface area contributed by atoms with Gasteiger partial charge < -0.3 is 15.1 Å². The Balaban J connectivity index is 0.000000284. The Hall–Kier alpha value is -2.51. The summed E-state index contributed by atoms with van der Waals surface area (Å²) in [7, 11) is 4.14. The second kappa shape index (κ2) is 9.50. The van der Waals surface area contributed by atoms with Crippen LogP contribution in [0.4, 0.5) is 0 Å². The number of aliphatic carboxylic acids is 2. The van der Waals surface area contributed by atoms with Crippen LogP contribution in [0.5, 0.6) is 0 Å². The monoisotopic (exact) mass is 334 g/mol. The zero-order chi connectivity index (χ0) is 17.2. The molecule has 23 heavy (non-hydrogen) atoms. The second-order valence-electron chi connectivity index (χ2n) is 4.75.